The second-order valence-electron chi connectivity index (χ2n) is 5.72. The van der Waals surface area contributed by atoms with E-state index in [1.54, 1.807) is 11.4 Å². The molecule has 0 aliphatic heterocycles. The molecule has 1 aliphatic carbocycles. The van der Waals surface area contributed by atoms with Crippen molar-refractivity contribution in [3.63, 3.8) is 0 Å². The lowest BCUT2D eigenvalue weighted by Crippen LogP contribution is -2.13. The smallest absolute Gasteiger partial charge is 0.254 e. The Labute approximate surface area is 131 Å². The molecule has 23 heavy (non-hydrogen) atoms. The second kappa shape index (κ2) is 5.26. The van der Waals surface area contributed by atoms with Crippen LogP contribution < -0.4 is 5.32 Å². The molecule has 3 aromatic rings. The van der Waals surface area contributed by atoms with Gasteiger partial charge >= 0.3 is 0 Å². The van der Waals surface area contributed by atoms with Crippen molar-refractivity contribution in [2.75, 3.05) is 5.32 Å². The van der Waals surface area contributed by atoms with Crippen LogP contribution in [0.25, 0.3) is 5.78 Å². The molecule has 0 radical (unpaired) electrons. The highest BCUT2D eigenvalue weighted by molar-refractivity contribution is 5.63. The molecule has 0 amide bonds. The Morgan fingerprint density at radius 1 is 1.09 bits per heavy atom. The minimum atomic E-state index is -0.885. The Morgan fingerprint density at radius 3 is 2.74 bits per heavy atom. The zero-order chi connectivity index (χ0) is 16.0. The highest BCUT2D eigenvalue weighted by Crippen LogP contribution is 2.29. The summed E-state index contributed by atoms with van der Waals surface area (Å²) in [5.41, 5.74) is 2.54. The van der Waals surface area contributed by atoms with Gasteiger partial charge in [0, 0.05) is 17.3 Å². The SMILES string of the molecule is Cc1nc2nc3c(c(Nc4ccc(F)c(F)c4)n2n1)CCCC3. The lowest BCUT2D eigenvalue weighted by molar-refractivity contribution is 0.509. The van der Waals surface area contributed by atoms with Gasteiger partial charge < -0.3 is 5.32 Å². The Balaban J connectivity index is 1.88. The number of nitrogens with one attached hydrogen (secondary N) is 1. The molecule has 0 saturated carbocycles. The van der Waals surface area contributed by atoms with Crippen molar-refractivity contribution in [3.8, 4) is 0 Å². The summed E-state index contributed by atoms with van der Waals surface area (Å²) in [5, 5.41) is 7.54. The van der Waals surface area contributed by atoms with E-state index in [-0.39, 0.29) is 0 Å². The zero-order valence-corrected chi connectivity index (χ0v) is 12.6. The van der Waals surface area contributed by atoms with Crippen molar-refractivity contribution in [1.29, 1.82) is 0 Å². The van der Waals surface area contributed by atoms with E-state index in [2.05, 4.69) is 20.4 Å². The minimum absolute atomic E-state index is 0.470. The Bertz CT molecular complexity index is 903. The van der Waals surface area contributed by atoms with Crippen LogP contribution in [0.5, 0.6) is 0 Å². The minimum Gasteiger partial charge on any atom is -0.340 e. The number of fused-ring (bicyclic) bond motifs is 2. The fourth-order valence-electron chi connectivity index (χ4n) is 2.98. The molecule has 1 aromatic carbocycles. The Hall–Kier alpha value is -2.57. The first-order chi connectivity index (χ1) is 11.1. The van der Waals surface area contributed by atoms with Crippen LogP contribution in [0.1, 0.15) is 29.9 Å². The standard InChI is InChI=1S/C16H15F2N5/c1-9-19-16-21-14-5-3-2-4-11(14)15(23(16)22-9)20-10-6-7-12(17)13(18)8-10/h6-8,20H,2-5H2,1H3. The molecule has 4 rings (SSSR count). The summed E-state index contributed by atoms with van der Waals surface area (Å²) in [6, 6.07) is 3.75. The van der Waals surface area contributed by atoms with Gasteiger partial charge in [-0.2, -0.15) is 9.50 Å². The van der Waals surface area contributed by atoms with Crippen LogP contribution in [0.4, 0.5) is 20.3 Å². The lowest BCUT2D eigenvalue weighted by atomic mass is 9.96. The van der Waals surface area contributed by atoms with Gasteiger partial charge in [0.05, 0.1) is 5.69 Å². The number of aromatic nitrogens is 4. The topological polar surface area (TPSA) is 55.1 Å². The molecule has 2 heterocycles. The van der Waals surface area contributed by atoms with E-state index in [1.807, 2.05) is 0 Å². The van der Waals surface area contributed by atoms with Gasteiger partial charge in [0.1, 0.15) is 11.6 Å². The van der Waals surface area contributed by atoms with Gasteiger partial charge in [0.25, 0.3) is 5.78 Å². The maximum absolute atomic E-state index is 13.5. The van der Waals surface area contributed by atoms with Crippen molar-refractivity contribution >= 4 is 17.3 Å². The van der Waals surface area contributed by atoms with Gasteiger partial charge in [0.2, 0.25) is 0 Å². The van der Waals surface area contributed by atoms with Gasteiger partial charge in [-0.25, -0.2) is 13.8 Å². The van der Waals surface area contributed by atoms with Crippen LogP contribution in [0.3, 0.4) is 0 Å². The molecule has 1 N–H and O–H groups in total. The first kappa shape index (κ1) is 14.0. The Morgan fingerprint density at radius 2 is 1.91 bits per heavy atom. The number of halogens is 2. The van der Waals surface area contributed by atoms with Crippen molar-refractivity contribution in [3.05, 3.63) is 46.9 Å². The fraction of sp³-hybridized carbons (Fsp3) is 0.312. The van der Waals surface area contributed by atoms with E-state index in [1.165, 1.54) is 6.07 Å². The zero-order valence-electron chi connectivity index (χ0n) is 12.6. The Kier molecular flexibility index (Phi) is 3.21. The largest absolute Gasteiger partial charge is 0.340 e. The predicted molar refractivity (Wildman–Crippen MR) is 81.8 cm³/mol. The van der Waals surface area contributed by atoms with Gasteiger partial charge in [-0.05, 0) is 44.7 Å². The monoisotopic (exact) mass is 315 g/mol. The predicted octanol–water partition coefficient (Wildman–Crippen LogP) is 3.33. The molecule has 2 aromatic heterocycles. The molecule has 0 bridgehead atoms. The molecule has 1 aliphatic rings. The van der Waals surface area contributed by atoms with Crippen molar-refractivity contribution in [2.45, 2.75) is 32.6 Å². The summed E-state index contributed by atoms with van der Waals surface area (Å²) in [5.74, 6) is 0.121. The number of rotatable bonds is 2. The van der Waals surface area contributed by atoms with E-state index >= 15 is 0 Å². The average molecular weight is 315 g/mol. The van der Waals surface area contributed by atoms with E-state index in [4.69, 9.17) is 0 Å². The van der Waals surface area contributed by atoms with Gasteiger partial charge in [-0.15, -0.1) is 5.10 Å². The summed E-state index contributed by atoms with van der Waals surface area (Å²) in [6.45, 7) is 1.80. The van der Waals surface area contributed by atoms with Crippen molar-refractivity contribution < 1.29 is 8.78 Å². The molecular formula is C16H15F2N5. The highest BCUT2D eigenvalue weighted by Gasteiger charge is 2.20. The highest BCUT2D eigenvalue weighted by atomic mass is 19.2. The number of aryl methyl sites for hydroxylation is 2. The molecule has 0 fully saturated rings. The quantitative estimate of drug-likeness (QED) is 0.788. The summed E-state index contributed by atoms with van der Waals surface area (Å²) >= 11 is 0. The third-order valence-electron chi connectivity index (χ3n) is 4.05. The molecule has 0 atom stereocenters. The number of nitrogens with zero attached hydrogens (tertiary/aromatic N) is 4. The normalized spacial score (nSPS) is 14.0. The molecule has 5 nitrogen and oxygen atoms in total. The van der Waals surface area contributed by atoms with Crippen molar-refractivity contribution in [1.82, 2.24) is 19.6 Å². The van der Waals surface area contributed by atoms with E-state index in [0.717, 1.165) is 54.9 Å². The number of anilines is 2. The maximum atomic E-state index is 13.5. The summed E-state index contributed by atoms with van der Waals surface area (Å²) in [4.78, 5) is 8.91. The number of hydrogen-bond acceptors (Lipinski definition) is 4. The first-order valence-electron chi connectivity index (χ1n) is 7.59. The van der Waals surface area contributed by atoms with Gasteiger partial charge in [-0.3, -0.25) is 0 Å². The molecule has 0 unspecified atom stereocenters. The molecule has 0 saturated heterocycles. The fourth-order valence-corrected chi connectivity index (χ4v) is 2.98. The van der Waals surface area contributed by atoms with Crippen LogP contribution in [0.2, 0.25) is 0 Å². The molecule has 7 heteroatoms. The number of hydrogen-bond donors (Lipinski definition) is 1. The van der Waals surface area contributed by atoms with Crippen LogP contribution >= 0.6 is 0 Å². The van der Waals surface area contributed by atoms with Gasteiger partial charge in [-0.1, -0.05) is 0 Å². The molecule has 118 valence electrons. The summed E-state index contributed by atoms with van der Waals surface area (Å²) in [7, 11) is 0. The average Bonchev–Trinajstić information content (AvgIpc) is 2.91. The second-order valence-corrected chi connectivity index (χ2v) is 5.72. The molecular weight excluding hydrogens is 300 g/mol. The van der Waals surface area contributed by atoms with Crippen LogP contribution in [0.15, 0.2) is 18.2 Å². The first-order valence-corrected chi connectivity index (χ1v) is 7.59. The van der Waals surface area contributed by atoms with Crippen molar-refractivity contribution in [2.24, 2.45) is 0 Å². The number of benzene rings is 1. The summed E-state index contributed by atoms with van der Waals surface area (Å²) < 4.78 is 28.2. The third kappa shape index (κ3) is 2.42. The van der Waals surface area contributed by atoms with Crippen LogP contribution in [-0.4, -0.2) is 19.6 Å². The molecule has 0 spiro atoms. The van der Waals surface area contributed by atoms with Crippen LogP contribution in [0, 0.1) is 18.6 Å². The summed E-state index contributed by atoms with van der Waals surface area (Å²) in [6.07, 6.45) is 3.93. The van der Waals surface area contributed by atoms with E-state index in [9.17, 15) is 8.78 Å². The van der Waals surface area contributed by atoms with Crippen LogP contribution in [-0.2, 0) is 12.8 Å². The third-order valence-corrected chi connectivity index (χ3v) is 4.05. The lowest BCUT2D eigenvalue weighted by Gasteiger charge is -2.20. The van der Waals surface area contributed by atoms with E-state index in [0.29, 0.717) is 17.3 Å². The maximum Gasteiger partial charge on any atom is 0.254 e. The van der Waals surface area contributed by atoms with E-state index < -0.39 is 11.6 Å². The van der Waals surface area contributed by atoms with Gasteiger partial charge in [0.15, 0.2) is 11.6 Å².